The van der Waals surface area contributed by atoms with Crippen molar-refractivity contribution in [3.05, 3.63) is 11.5 Å². The summed E-state index contributed by atoms with van der Waals surface area (Å²) in [7, 11) is -3.32. The Balaban J connectivity index is 4.73. The van der Waals surface area contributed by atoms with Crippen LogP contribution in [0.25, 0.3) is 0 Å². The second-order valence-electron chi connectivity index (χ2n) is 7.89. The predicted molar refractivity (Wildman–Crippen MR) is 96.8 cm³/mol. The van der Waals surface area contributed by atoms with Crippen LogP contribution in [-0.4, -0.2) is 44.0 Å². The van der Waals surface area contributed by atoms with Crippen LogP contribution in [0.4, 0.5) is 4.79 Å². The maximum Gasteiger partial charge on any atom is 0.408 e. The van der Waals surface area contributed by atoms with Gasteiger partial charge in [-0.3, -0.25) is 4.79 Å². The average molecular weight is 378 g/mol. The first-order valence-corrected chi connectivity index (χ1v) is 10.1. The van der Waals surface area contributed by atoms with E-state index in [1.165, 1.54) is 6.08 Å². The van der Waals surface area contributed by atoms with Crippen molar-refractivity contribution in [3.8, 4) is 0 Å². The van der Waals surface area contributed by atoms with Gasteiger partial charge in [-0.05, 0) is 54.4 Å². The molecule has 1 amide bonds. The van der Waals surface area contributed by atoms with Gasteiger partial charge in [-0.2, -0.15) is 0 Å². The predicted octanol–water partition coefficient (Wildman–Crippen LogP) is 2.95. The van der Waals surface area contributed by atoms with Gasteiger partial charge in [-0.25, -0.2) is 13.2 Å². The van der Waals surface area contributed by atoms with Crippen molar-refractivity contribution in [1.29, 1.82) is 0 Å². The molecule has 0 saturated heterocycles. The van der Waals surface area contributed by atoms with E-state index >= 15 is 0 Å². The number of alkyl carbamates (subject to hydrolysis) is 1. The summed E-state index contributed by atoms with van der Waals surface area (Å²) >= 11 is 0. The minimum Gasteiger partial charge on any atom is -0.460 e. The Labute approximate surface area is 151 Å². The summed E-state index contributed by atoms with van der Waals surface area (Å²) in [6.45, 7) is 10.6. The minimum atomic E-state index is -3.32. The normalized spacial score (nSPS) is 14.2. The SMILES string of the molecule is CC(C)(C)OC(=O)CCC[C@@H](/C=C/S(C)(=O)=O)NC(=O)OC(C)(C)C. The van der Waals surface area contributed by atoms with Gasteiger partial charge in [0.2, 0.25) is 0 Å². The van der Waals surface area contributed by atoms with Crippen molar-refractivity contribution < 1.29 is 27.5 Å². The van der Waals surface area contributed by atoms with Crippen LogP contribution in [0, 0.1) is 0 Å². The van der Waals surface area contributed by atoms with Gasteiger partial charge in [0.05, 0.1) is 6.04 Å². The van der Waals surface area contributed by atoms with E-state index in [0.29, 0.717) is 12.8 Å². The van der Waals surface area contributed by atoms with Crippen molar-refractivity contribution in [1.82, 2.24) is 5.32 Å². The molecule has 0 rings (SSSR count). The van der Waals surface area contributed by atoms with Crippen molar-refractivity contribution in [2.45, 2.75) is 78.0 Å². The number of carbonyl (C=O) groups excluding carboxylic acids is 2. The number of amides is 1. The number of hydrogen-bond acceptors (Lipinski definition) is 6. The lowest BCUT2D eigenvalue weighted by Crippen LogP contribution is -2.38. The van der Waals surface area contributed by atoms with E-state index in [4.69, 9.17) is 9.47 Å². The van der Waals surface area contributed by atoms with Gasteiger partial charge in [-0.15, -0.1) is 0 Å². The lowest BCUT2D eigenvalue weighted by atomic mass is 10.1. The molecule has 146 valence electrons. The van der Waals surface area contributed by atoms with Crippen molar-refractivity contribution in [3.63, 3.8) is 0 Å². The molecule has 0 aliphatic heterocycles. The molecule has 0 aromatic heterocycles. The molecule has 0 saturated carbocycles. The van der Waals surface area contributed by atoms with E-state index in [-0.39, 0.29) is 12.4 Å². The first-order chi connectivity index (χ1) is 11.1. The minimum absolute atomic E-state index is 0.177. The second-order valence-corrected chi connectivity index (χ2v) is 9.82. The number of ether oxygens (including phenoxy) is 2. The van der Waals surface area contributed by atoms with E-state index < -0.39 is 33.2 Å². The number of sulfone groups is 1. The van der Waals surface area contributed by atoms with Crippen molar-refractivity contribution in [2.24, 2.45) is 0 Å². The molecule has 0 heterocycles. The molecule has 0 aromatic rings. The third kappa shape index (κ3) is 15.7. The van der Waals surface area contributed by atoms with E-state index in [1.54, 1.807) is 41.5 Å². The molecular formula is C17H31NO6S. The highest BCUT2D eigenvalue weighted by atomic mass is 32.2. The van der Waals surface area contributed by atoms with Gasteiger partial charge < -0.3 is 14.8 Å². The van der Waals surface area contributed by atoms with Gasteiger partial charge in [0.1, 0.15) is 11.2 Å². The van der Waals surface area contributed by atoms with Gasteiger partial charge in [0.25, 0.3) is 0 Å². The number of carbonyl (C=O) groups is 2. The van der Waals surface area contributed by atoms with Crippen LogP contribution < -0.4 is 5.32 Å². The Morgan fingerprint density at radius 1 is 1.04 bits per heavy atom. The van der Waals surface area contributed by atoms with Gasteiger partial charge in [0.15, 0.2) is 9.84 Å². The summed E-state index contributed by atoms with van der Waals surface area (Å²) in [5.74, 6) is -0.337. The van der Waals surface area contributed by atoms with Crippen LogP contribution in [0.5, 0.6) is 0 Å². The number of rotatable bonds is 7. The molecule has 0 aromatic carbocycles. The van der Waals surface area contributed by atoms with Crippen LogP contribution in [-0.2, 0) is 24.1 Å². The maximum atomic E-state index is 11.9. The van der Waals surface area contributed by atoms with Crippen LogP contribution in [0.3, 0.4) is 0 Å². The molecule has 8 heteroatoms. The Morgan fingerprint density at radius 2 is 1.56 bits per heavy atom. The second kappa shape index (κ2) is 9.22. The fraction of sp³-hybridized carbons (Fsp3) is 0.765. The van der Waals surface area contributed by atoms with E-state index in [1.807, 2.05) is 0 Å². The Bertz CT molecular complexity index is 581. The largest absolute Gasteiger partial charge is 0.460 e. The number of esters is 1. The van der Waals surface area contributed by atoms with Crippen molar-refractivity contribution in [2.75, 3.05) is 6.26 Å². The van der Waals surface area contributed by atoms with E-state index in [0.717, 1.165) is 11.7 Å². The summed E-state index contributed by atoms with van der Waals surface area (Å²) < 4.78 is 33.0. The fourth-order valence-corrected chi connectivity index (χ4v) is 2.25. The Morgan fingerprint density at radius 3 is 2.00 bits per heavy atom. The first kappa shape index (κ1) is 23.4. The van der Waals surface area contributed by atoms with Crippen molar-refractivity contribution >= 4 is 21.9 Å². The smallest absolute Gasteiger partial charge is 0.408 e. The molecule has 7 nitrogen and oxygen atoms in total. The average Bonchev–Trinajstić information content (AvgIpc) is 2.29. The van der Waals surface area contributed by atoms with Gasteiger partial charge in [-0.1, -0.05) is 6.08 Å². The third-order valence-corrected chi connectivity index (χ3v) is 3.23. The summed E-state index contributed by atoms with van der Waals surface area (Å²) in [6.07, 6.45) is 2.79. The lowest BCUT2D eigenvalue weighted by molar-refractivity contribution is -0.154. The Kier molecular flexibility index (Phi) is 8.64. The highest BCUT2D eigenvalue weighted by Gasteiger charge is 2.20. The first-order valence-electron chi connectivity index (χ1n) is 8.17. The molecule has 0 fully saturated rings. The molecule has 0 aliphatic carbocycles. The van der Waals surface area contributed by atoms with Crippen LogP contribution in [0.15, 0.2) is 11.5 Å². The molecule has 0 bridgehead atoms. The van der Waals surface area contributed by atoms with Gasteiger partial charge >= 0.3 is 12.1 Å². The zero-order valence-electron chi connectivity index (χ0n) is 16.2. The molecule has 0 spiro atoms. The van der Waals surface area contributed by atoms with Crippen LogP contribution in [0.1, 0.15) is 60.8 Å². The topological polar surface area (TPSA) is 98.8 Å². The fourth-order valence-electron chi connectivity index (χ4n) is 1.77. The molecule has 0 unspecified atom stereocenters. The quantitative estimate of drug-likeness (QED) is 0.685. The molecule has 0 radical (unpaired) electrons. The van der Waals surface area contributed by atoms with Crippen LogP contribution in [0.2, 0.25) is 0 Å². The molecule has 25 heavy (non-hydrogen) atoms. The number of hydrogen-bond donors (Lipinski definition) is 1. The summed E-state index contributed by atoms with van der Waals surface area (Å²) in [6, 6.07) is -0.563. The monoisotopic (exact) mass is 377 g/mol. The van der Waals surface area contributed by atoms with Gasteiger partial charge in [0, 0.05) is 18.1 Å². The van der Waals surface area contributed by atoms with E-state index in [2.05, 4.69) is 5.32 Å². The van der Waals surface area contributed by atoms with Crippen LogP contribution >= 0.6 is 0 Å². The van der Waals surface area contributed by atoms with E-state index in [9.17, 15) is 18.0 Å². The zero-order valence-corrected chi connectivity index (χ0v) is 17.0. The zero-order chi connectivity index (χ0) is 19.9. The summed E-state index contributed by atoms with van der Waals surface area (Å²) in [5, 5.41) is 3.63. The Hall–Kier alpha value is -1.57. The number of nitrogens with one attached hydrogen (secondary N) is 1. The molecular weight excluding hydrogens is 346 g/mol. The molecule has 0 aliphatic rings. The highest BCUT2D eigenvalue weighted by molar-refractivity contribution is 7.93. The molecule has 1 N–H and O–H groups in total. The third-order valence-electron chi connectivity index (χ3n) is 2.58. The highest BCUT2D eigenvalue weighted by Crippen LogP contribution is 2.12. The summed E-state index contributed by atoms with van der Waals surface area (Å²) in [5.41, 5.74) is -1.22. The maximum absolute atomic E-state index is 11.9. The molecule has 1 atom stereocenters. The standard InChI is InChI=1S/C17H31NO6S/c1-16(2,3)23-14(19)10-8-9-13(11-12-25(7,21)22)18-15(20)24-17(4,5)6/h11-13H,8-10H2,1-7H3,(H,18,20)/b12-11+/t13-/m0/s1. The lowest BCUT2D eigenvalue weighted by Gasteiger charge is -2.22. The summed E-state index contributed by atoms with van der Waals surface area (Å²) in [4.78, 5) is 23.6.